The van der Waals surface area contributed by atoms with Gasteiger partial charge in [0, 0.05) is 26.3 Å². The topological polar surface area (TPSA) is 70.1 Å². The molecule has 1 heterocycles. The zero-order valence-corrected chi connectivity index (χ0v) is 17.2. The van der Waals surface area contributed by atoms with Gasteiger partial charge in [0.05, 0.1) is 24.3 Å². The molecule has 6 heteroatoms. The Hall–Kier alpha value is -3.28. The fraction of sp³-hybridized carbons (Fsp3) is 0.304. The SMILES string of the molecule is CCCN1C(=O)C(=O)/C(=C(\O)c2ccccc2OC)C1c1ccc(N(C)C)cc1. The molecule has 6 nitrogen and oxygen atoms in total. The van der Waals surface area contributed by atoms with E-state index in [9.17, 15) is 14.7 Å². The Morgan fingerprint density at radius 3 is 2.34 bits per heavy atom. The van der Waals surface area contributed by atoms with E-state index in [0.29, 0.717) is 24.3 Å². The molecule has 0 radical (unpaired) electrons. The van der Waals surface area contributed by atoms with Gasteiger partial charge in [0.1, 0.15) is 11.5 Å². The Labute approximate surface area is 171 Å². The number of aliphatic hydroxyl groups excluding tert-OH is 1. The van der Waals surface area contributed by atoms with Crippen LogP contribution in [-0.4, -0.2) is 49.4 Å². The van der Waals surface area contributed by atoms with Gasteiger partial charge in [-0.15, -0.1) is 0 Å². The van der Waals surface area contributed by atoms with Gasteiger partial charge >= 0.3 is 0 Å². The molecule has 0 saturated carbocycles. The fourth-order valence-electron chi connectivity index (χ4n) is 3.64. The molecule has 0 bridgehead atoms. The highest BCUT2D eigenvalue weighted by molar-refractivity contribution is 6.46. The molecule has 2 aromatic carbocycles. The summed E-state index contributed by atoms with van der Waals surface area (Å²) in [6.45, 7) is 2.37. The lowest BCUT2D eigenvalue weighted by Crippen LogP contribution is -2.30. The van der Waals surface area contributed by atoms with Crippen LogP contribution in [-0.2, 0) is 9.59 Å². The van der Waals surface area contributed by atoms with Crippen molar-refractivity contribution >= 4 is 23.1 Å². The Bertz CT molecular complexity index is 948. The van der Waals surface area contributed by atoms with E-state index < -0.39 is 17.7 Å². The van der Waals surface area contributed by atoms with Crippen molar-refractivity contribution in [3.63, 3.8) is 0 Å². The molecule has 1 saturated heterocycles. The Kier molecular flexibility index (Phi) is 5.92. The number of methoxy groups -OCH3 is 1. The first-order chi connectivity index (χ1) is 13.9. The summed E-state index contributed by atoms with van der Waals surface area (Å²) in [4.78, 5) is 29.2. The zero-order chi connectivity index (χ0) is 21.1. The second-order valence-electron chi connectivity index (χ2n) is 7.18. The highest BCUT2D eigenvalue weighted by atomic mass is 16.5. The van der Waals surface area contributed by atoms with Crippen LogP contribution in [0.3, 0.4) is 0 Å². The lowest BCUT2D eigenvalue weighted by molar-refractivity contribution is -0.139. The molecule has 29 heavy (non-hydrogen) atoms. The Morgan fingerprint density at radius 2 is 1.76 bits per heavy atom. The first kappa shape index (κ1) is 20.5. The van der Waals surface area contributed by atoms with Gasteiger partial charge in [-0.3, -0.25) is 9.59 Å². The van der Waals surface area contributed by atoms with Crippen molar-refractivity contribution in [3.8, 4) is 5.75 Å². The minimum atomic E-state index is -0.677. The number of carbonyl (C=O) groups is 2. The summed E-state index contributed by atoms with van der Waals surface area (Å²) >= 11 is 0. The van der Waals surface area contributed by atoms with Gasteiger partial charge in [0.2, 0.25) is 0 Å². The molecule has 1 atom stereocenters. The molecular formula is C23H26N2O4. The first-order valence-electron chi connectivity index (χ1n) is 9.59. The molecule has 2 aromatic rings. The van der Waals surface area contributed by atoms with Gasteiger partial charge in [-0.2, -0.15) is 0 Å². The van der Waals surface area contributed by atoms with E-state index in [1.807, 2.05) is 50.2 Å². The van der Waals surface area contributed by atoms with Gasteiger partial charge in [0.25, 0.3) is 11.7 Å². The summed E-state index contributed by atoms with van der Waals surface area (Å²) in [5.74, 6) is -1.05. The molecule has 1 fully saturated rings. The maximum Gasteiger partial charge on any atom is 0.295 e. The van der Waals surface area contributed by atoms with Crippen LogP contribution in [0.5, 0.6) is 5.75 Å². The number of anilines is 1. The standard InChI is InChI=1S/C23H26N2O4/c1-5-14-25-20(15-10-12-16(13-11-15)24(2)3)19(22(27)23(25)28)21(26)17-8-6-7-9-18(17)29-4/h6-13,20,26H,5,14H2,1-4H3/b21-19-. The van der Waals surface area contributed by atoms with Crippen molar-refractivity contribution in [1.29, 1.82) is 0 Å². The van der Waals surface area contributed by atoms with Crippen LogP contribution in [0.2, 0.25) is 0 Å². The van der Waals surface area contributed by atoms with Crippen LogP contribution < -0.4 is 9.64 Å². The number of ether oxygens (including phenoxy) is 1. The minimum Gasteiger partial charge on any atom is -0.507 e. The van der Waals surface area contributed by atoms with E-state index in [0.717, 1.165) is 11.3 Å². The van der Waals surface area contributed by atoms with Crippen LogP contribution >= 0.6 is 0 Å². The number of likely N-dealkylation sites (tertiary alicyclic amines) is 1. The predicted octanol–water partition coefficient (Wildman–Crippen LogP) is 3.59. The summed E-state index contributed by atoms with van der Waals surface area (Å²) in [5.41, 5.74) is 2.26. The van der Waals surface area contributed by atoms with Gasteiger partial charge in [-0.25, -0.2) is 0 Å². The average molecular weight is 394 g/mol. The molecule has 1 N–H and O–H groups in total. The second-order valence-corrected chi connectivity index (χ2v) is 7.18. The third-order valence-corrected chi connectivity index (χ3v) is 5.09. The quantitative estimate of drug-likeness (QED) is 0.461. The molecule has 0 aromatic heterocycles. The summed E-state index contributed by atoms with van der Waals surface area (Å²) in [6.07, 6.45) is 0.702. The number of rotatable bonds is 6. The molecule has 1 aliphatic rings. The van der Waals surface area contributed by atoms with Crippen LogP contribution in [0.4, 0.5) is 5.69 Å². The minimum absolute atomic E-state index is 0.0885. The molecule has 0 aliphatic carbocycles. The highest BCUT2D eigenvalue weighted by Gasteiger charge is 2.45. The summed E-state index contributed by atoms with van der Waals surface area (Å²) in [5, 5.41) is 11.1. The first-order valence-corrected chi connectivity index (χ1v) is 9.59. The molecule has 0 spiro atoms. The van der Waals surface area contributed by atoms with E-state index in [-0.39, 0.29) is 11.3 Å². The maximum absolute atomic E-state index is 12.9. The number of para-hydroxylation sites is 1. The van der Waals surface area contributed by atoms with E-state index in [2.05, 4.69) is 0 Å². The number of carbonyl (C=O) groups excluding carboxylic acids is 2. The Balaban J connectivity index is 2.19. The highest BCUT2D eigenvalue weighted by Crippen LogP contribution is 2.41. The zero-order valence-electron chi connectivity index (χ0n) is 17.2. The van der Waals surface area contributed by atoms with Gasteiger partial charge in [0.15, 0.2) is 0 Å². The summed E-state index contributed by atoms with van der Waals surface area (Å²) < 4.78 is 5.34. The monoisotopic (exact) mass is 394 g/mol. The van der Waals surface area contributed by atoms with E-state index >= 15 is 0 Å². The number of aliphatic hydroxyl groups is 1. The van der Waals surface area contributed by atoms with Crippen molar-refractivity contribution in [2.24, 2.45) is 0 Å². The van der Waals surface area contributed by atoms with Crippen LogP contribution in [0, 0.1) is 0 Å². The summed E-state index contributed by atoms with van der Waals surface area (Å²) in [7, 11) is 5.39. The van der Waals surface area contributed by atoms with Crippen molar-refractivity contribution in [3.05, 3.63) is 65.2 Å². The van der Waals surface area contributed by atoms with Crippen LogP contribution in [0.15, 0.2) is 54.1 Å². The maximum atomic E-state index is 12.9. The van der Waals surface area contributed by atoms with E-state index in [4.69, 9.17) is 4.74 Å². The molecule has 152 valence electrons. The van der Waals surface area contributed by atoms with Gasteiger partial charge in [-0.05, 0) is 36.2 Å². The van der Waals surface area contributed by atoms with Crippen molar-refractivity contribution < 1.29 is 19.4 Å². The number of ketones is 1. The molecule has 1 amide bonds. The molecule has 1 unspecified atom stereocenters. The smallest absolute Gasteiger partial charge is 0.295 e. The van der Waals surface area contributed by atoms with E-state index in [1.54, 1.807) is 24.3 Å². The van der Waals surface area contributed by atoms with Crippen molar-refractivity contribution in [2.75, 3.05) is 32.6 Å². The predicted molar refractivity (Wildman–Crippen MR) is 113 cm³/mol. The number of nitrogens with zero attached hydrogens (tertiary/aromatic N) is 2. The van der Waals surface area contributed by atoms with Crippen LogP contribution in [0.25, 0.3) is 5.76 Å². The number of hydrogen-bond acceptors (Lipinski definition) is 5. The number of benzene rings is 2. The average Bonchev–Trinajstić information content (AvgIpc) is 2.98. The van der Waals surface area contributed by atoms with Gasteiger partial charge in [-0.1, -0.05) is 31.2 Å². The fourth-order valence-corrected chi connectivity index (χ4v) is 3.64. The lowest BCUT2D eigenvalue weighted by atomic mass is 9.94. The number of hydrogen-bond donors (Lipinski definition) is 1. The third-order valence-electron chi connectivity index (χ3n) is 5.09. The van der Waals surface area contributed by atoms with Crippen molar-refractivity contribution in [2.45, 2.75) is 19.4 Å². The summed E-state index contributed by atoms with van der Waals surface area (Å²) in [6, 6.07) is 13.9. The molecule has 3 rings (SSSR count). The third kappa shape index (κ3) is 3.70. The Morgan fingerprint density at radius 1 is 1.10 bits per heavy atom. The van der Waals surface area contributed by atoms with Crippen LogP contribution in [0.1, 0.15) is 30.5 Å². The molecular weight excluding hydrogens is 368 g/mol. The van der Waals surface area contributed by atoms with Gasteiger partial charge < -0.3 is 19.6 Å². The number of Topliss-reactive ketones (excluding diaryl/α,β-unsaturated/α-hetero) is 1. The number of amides is 1. The van der Waals surface area contributed by atoms with Crippen molar-refractivity contribution in [1.82, 2.24) is 4.90 Å². The van der Waals surface area contributed by atoms with E-state index in [1.165, 1.54) is 12.0 Å². The lowest BCUT2D eigenvalue weighted by Gasteiger charge is -2.25. The largest absolute Gasteiger partial charge is 0.507 e. The molecule has 1 aliphatic heterocycles. The normalized spacial score (nSPS) is 18.2. The second kappa shape index (κ2) is 8.39.